The van der Waals surface area contributed by atoms with Crippen molar-refractivity contribution in [3.63, 3.8) is 0 Å². The molecule has 0 fully saturated rings. The number of nitrogens with one attached hydrogen (secondary N) is 1. The molecule has 2 bridgehead atoms. The molecule has 30 heavy (non-hydrogen) atoms. The lowest BCUT2D eigenvalue weighted by Crippen LogP contribution is -2.40. The van der Waals surface area contributed by atoms with Gasteiger partial charge in [-0.15, -0.1) is 0 Å². The number of anilines is 1. The van der Waals surface area contributed by atoms with Crippen molar-refractivity contribution in [3.05, 3.63) is 92.9 Å². The largest absolute Gasteiger partial charge is 0.377 e. The Kier molecular flexibility index (Phi) is 5.33. The molecular formula is C26H29N3O. The first kappa shape index (κ1) is 20.1. The predicted molar refractivity (Wildman–Crippen MR) is 126 cm³/mol. The van der Waals surface area contributed by atoms with Crippen LogP contribution < -0.4 is 10.5 Å². The van der Waals surface area contributed by atoms with Crippen LogP contribution in [-0.4, -0.2) is 25.3 Å². The Morgan fingerprint density at radius 2 is 2.00 bits per heavy atom. The molecule has 2 unspecified atom stereocenters. The quantitative estimate of drug-likeness (QED) is 0.588. The molecular weight excluding hydrogens is 370 g/mol. The Morgan fingerprint density at radius 3 is 2.77 bits per heavy atom. The minimum absolute atomic E-state index is 0.0456. The van der Waals surface area contributed by atoms with E-state index >= 15 is 0 Å². The van der Waals surface area contributed by atoms with E-state index in [1.54, 1.807) is 6.07 Å². The first-order valence-corrected chi connectivity index (χ1v) is 10.5. The number of para-hydroxylation sites is 1. The number of hydrogen-bond acceptors (Lipinski definition) is 3. The first-order chi connectivity index (χ1) is 14.4. The predicted octanol–water partition coefficient (Wildman–Crippen LogP) is 4.89. The molecule has 1 aromatic carbocycles. The molecule has 1 heterocycles. The zero-order valence-electron chi connectivity index (χ0n) is 18.1. The lowest BCUT2D eigenvalue weighted by molar-refractivity contribution is 0.413. The van der Waals surface area contributed by atoms with Crippen LogP contribution in [0.15, 0.2) is 75.6 Å². The summed E-state index contributed by atoms with van der Waals surface area (Å²) in [7, 11) is 4.10. The number of fused-ring (bicyclic) bond motifs is 4. The summed E-state index contributed by atoms with van der Waals surface area (Å²) >= 11 is 0. The summed E-state index contributed by atoms with van der Waals surface area (Å²) in [6.45, 7) is 4.28. The lowest BCUT2D eigenvalue weighted by atomic mass is 9.63. The third-order valence-electron chi connectivity index (χ3n) is 6.15. The second-order valence-electron chi connectivity index (χ2n) is 8.41. The molecule has 4 nitrogen and oxygen atoms in total. The number of hydrogen-bond donors (Lipinski definition) is 1. The Hall–Kier alpha value is -3.14. The summed E-state index contributed by atoms with van der Waals surface area (Å²) in [4.78, 5) is 22.3. The Labute approximate surface area is 178 Å². The summed E-state index contributed by atoms with van der Waals surface area (Å²) in [5, 5.41) is 0. The van der Waals surface area contributed by atoms with Gasteiger partial charge in [-0.2, -0.15) is 0 Å². The highest BCUT2D eigenvalue weighted by Crippen LogP contribution is 2.51. The van der Waals surface area contributed by atoms with Crippen LogP contribution in [0.3, 0.4) is 0 Å². The molecule has 2 aliphatic rings. The number of H-pyrrole nitrogens is 1. The second kappa shape index (κ2) is 7.94. The summed E-state index contributed by atoms with van der Waals surface area (Å²) in [6, 6.07) is 11.9. The minimum Gasteiger partial charge on any atom is -0.377 e. The Morgan fingerprint density at radius 1 is 1.20 bits per heavy atom. The smallest absolute Gasteiger partial charge is 0.248 e. The van der Waals surface area contributed by atoms with Crippen LogP contribution >= 0.6 is 0 Å². The molecule has 2 aromatic rings. The van der Waals surface area contributed by atoms with Gasteiger partial charge in [0, 0.05) is 55.7 Å². The molecule has 154 valence electrons. The van der Waals surface area contributed by atoms with Gasteiger partial charge in [-0.25, -0.2) is 0 Å². The third kappa shape index (κ3) is 3.47. The van der Waals surface area contributed by atoms with E-state index in [-0.39, 0.29) is 11.5 Å². The first-order valence-electron chi connectivity index (χ1n) is 10.5. The van der Waals surface area contributed by atoms with Gasteiger partial charge in [0.05, 0.1) is 0 Å². The van der Waals surface area contributed by atoms with Gasteiger partial charge in [0.15, 0.2) is 0 Å². The average molecular weight is 400 g/mol. The van der Waals surface area contributed by atoms with Crippen molar-refractivity contribution in [3.8, 4) is 0 Å². The van der Waals surface area contributed by atoms with Crippen molar-refractivity contribution in [2.45, 2.75) is 32.2 Å². The molecule has 0 amide bonds. The number of aromatic amines is 1. The number of nitrogens with zero attached hydrogens (tertiary/aromatic N) is 2. The molecule has 0 saturated carbocycles. The molecule has 2 aliphatic carbocycles. The number of aromatic nitrogens is 1. The van der Waals surface area contributed by atoms with E-state index in [0.29, 0.717) is 0 Å². The maximum atomic E-state index is 11.9. The topological polar surface area (TPSA) is 48.5 Å². The Bertz CT molecular complexity index is 1130. The molecule has 0 spiro atoms. The fourth-order valence-electron chi connectivity index (χ4n) is 5.01. The summed E-state index contributed by atoms with van der Waals surface area (Å²) < 4.78 is 0. The van der Waals surface area contributed by atoms with Crippen LogP contribution in [0.25, 0.3) is 6.08 Å². The monoisotopic (exact) mass is 399 g/mol. The second-order valence-corrected chi connectivity index (χ2v) is 8.41. The lowest BCUT2D eigenvalue weighted by Gasteiger charge is -2.45. The number of aliphatic imine (C=N–C) groups is 1. The van der Waals surface area contributed by atoms with Gasteiger partial charge in [-0.1, -0.05) is 42.0 Å². The molecule has 0 saturated heterocycles. The van der Waals surface area contributed by atoms with E-state index in [9.17, 15) is 4.79 Å². The van der Waals surface area contributed by atoms with Gasteiger partial charge in [-0.3, -0.25) is 9.79 Å². The van der Waals surface area contributed by atoms with Crippen LogP contribution in [0.2, 0.25) is 0 Å². The highest BCUT2D eigenvalue weighted by Gasteiger charge is 2.46. The van der Waals surface area contributed by atoms with E-state index < -0.39 is 5.54 Å². The molecule has 0 aliphatic heterocycles. The number of benzene rings is 1. The van der Waals surface area contributed by atoms with E-state index in [1.165, 1.54) is 16.8 Å². The van der Waals surface area contributed by atoms with Gasteiger partial charge in [0.25, 0.3) is 0 Å². The van der Waals surface area contributed by atoms with Gasteiger partial charge in [0.1, 0.15) is 5.54 Å². The zero-order valence-corrected chi connectivity index (χ0v) is 18.1. The van der Waals surface area contributed by atoms with E-state index in [4.69, 9.17) is 4.99 Å². The molecule has 2 atom stereocenters. The molecule has 4 heteroatoms. The number of pyridine rings is 1. The highest BCUT2D eigenvalue weighted by atomic mass is 16.1. The van der Waals surface area contributed by atoms with Crippen molar-refractivity contribution >= 4 is 18.0 Å². The van der Waals surface area contributed by atoms with Gasteiger partial charge in [0.2, 0.25) is 5.56 Å². The fourth-order valence-corrected chi connectivity index (χ4v) is 5.01. The van der Waals surface area contributed by atoms with Crippen LogP contribution in [-0.2, 0) is 12.0 Å². The van der Waals surface area contributed by atoms with Crippen molar-refractivity contribution in [2.24, 2.45) is 10.9 Å². The highest BCUT2D eigenvalue weighted by molar-refractivity contribution is 5.82. The average Bonchev–Trinajstić information content (AvgIpc) is 2.70. The molecule has 4 rings (SSSR count). The van der Waals surface area contributed by atoms with Crippen LogP contribution in [0, 0.1) is 5.92 Å². The van der Waals surface area contributed by atoms with Crippen LogP contribution in [0.4, 0.5) is 5.69 Å². The van der Waals surface area contributed by atoms with E-state index in [1.807, 2.05) is 24.4 Å². The normalized spacial score (nSPS) is 24.3. The van der Waals surface area contributed by atoms with Crippen LogP contribution in [0.5, 0.6) is 0 Å². The summed E-state index contributed by atoms with van der Waals surface area (Å²) in [5.41, 5.74) is 6.65. The minimum atomic E-state index is -0.443. The number of allylic oxidation sites excluding steroid dienone is 3. The van der Waals surface area contributed by atoms with Crippen molar-refractivity contribution in [1.82, 2.24) is 4.98 Å². The van der Waals surface area contributed by atoms with E-state index in [2.05, 4.69) is 74.3 Å². The molecule has 0 radical (unpaired) electrons. The van der Waals surface area contributed by atoms with Crippen molar-refractivity contribution < 1.29 is 0 Å². The third-order valence-corrected chi connectivity index (χ3v) is 6.15. The Balaban J connectivity index is 1.76. The standard InChI is InChI=1S/C26H29N3O/c1-5-21-20-15-18(2)17-26(21,22-12-13-25(30)28-23(22)16-20)27-14-8-10-19-9-6-7-11-24(19)29(3)4/h5-15,20H,16-17H2,1-4H3,(H,28,30)/b10-8+,21-5+,27-14?. The molecule has 1 N–H and O–H groups in total. The summed E-state index contributed by atoms with van der Waals surface area (Å²) in [5.74, 6) is 0.282. The van der Waals surface area contributed by atoms with Gasteiger partial charge in [-0.05, 0) is 49.6 Å². The fraction of sp³-hybridized carbons (Fsp3) is 0.308. The van der Waals surface area contributed by atoms with Gasteiger partial charge < -0.3 is 9.88 Å². The molecule has 1 aromatic heterocycles. The maximum absolute atomic E-state index is 11.9. The summed E-state index contributed by atoms with van der Waals surface area (Å²) in [6.07, 6.45) is 12.3. The zero-order chi connectivity index (χ0) is 21.3. The van der Waals surface area contributed by atoms with E-state index in [0.717, 1.165) is 29.7 Å². The number of rotatable bonds is 4. The van der Waals surface area contributed by atoms with Gasteiger partial charge >= 0.3 is 0 Å². The van der Waals surface area contributed by atoms with Crippen molar-refractivity contribution in [2.75, 3.05) is 19.0 Å². The SMILES string of the molecule is C/C=C1\C2C=C(C)CC1(N=C/C=C/c1ccccc1N(C)C)c1ccc(=O)[nH]c1C2. The van der Waals surface area contributed by atoms with Crippen LogP contribution in [0.1, 0.15) is 37.1 Å². The maximum Gasteiger partial charge on any atom is 0.248 e. The van der Waals surface area contributed by atoms with Crippen molar-refractivity contribution in [1.29, 1.82) is 0 Å².